The third-order valence-corrected chi connectivity index (χ3v) is 7.72. The molecular formula is C34H46F3N5O3S. The molecule has 0 radical (unpaired) electrons. The molecular weight excluding hydrogens is 615 g/mol. The van der Waals surface area contributed by atoms with E-state index in [1.54, 1.807) is 43.8 Å². The normalized spacial score (nSPS) is 20.7. The van der Waals surface area contributed by atoms with Crippen molar-refractivity contribution in [2.24, 2.45) is 5.41 Å². The average Bonchev–Trinajstić information content (AvgIpc) is 3.56. The number of aromatic nitrogens is 2. The van der Waals surface area contributed by atoms with E-state index >= 15 is 4.39 Å². The Bertz CT molecular complexity index is 1520. The van der Waals surface area contributed by atoms with Crippen molar-refractivity contribution < 1.29 is 27.9 Å². The quantitative estimate of drug-likeness (QED) is 0.152. The van der Waals surface area contributed by atoms with Gasteiger partial charge in [0.05, 0.1) is 17.6 Å². The fraction of sp³-hybridized carbons (Fsp3) is 0.500. The van der Waals surface area contributed by atoms with Gasteiger partial charge in [0.1, 0.15) is 5.82 Å². The number of carbonyl (C=O) groups is 2. The van der Waals surface area contributed by atoms with Gasteiger partial charge >= 0.3 is 0 Å². The number of nitrogens with one attached hydrogen (secondary N) is 3. The number of aliphatic hydroxyl groups is 1. The van der Waals surface area contributed by atoms with Crippen LogP contribution in [0.1, 0.15) is 76.1 Å². The third-order valence-electron chi connectivity index (χ3n) is 7.72. The molecule has 12 heteroatoms. The van der Waals surface area contributed by atoms with Gasteiger partial charge < -0.3 is 21.1 Å². The zero-order valence-electron chi connectivity index (χ0n) is 27.7. The van der Waals surface area contributed by atoms with Gasteiger partial charge in [0, 0.05) is 43.4 Å². The molecule has 1 fully saturated rings. The summed E-state index contributed by atoms with van der Waals surface area (Å²) in [5, 5.41) is 19.8. The van der Waals surface area contributed by atoms with Gasteiger partial charge in [-0.1, -0.05) is 51.1 Å². The molecule has 2 aromatic carbocycles. The number of fused-ring (bicyclic) bond motifs is 2. The Morgan fingerprint density at radius 1 is 1.13 bits per heavy atom. The van der Waals surface area contributed by atoms with Crippen LogP contribution in [0.2, 0.25) is 0 Å². The van der Waals surface area contributed by atoms with Gasteiger partial charge in [0.25, 0.3) is 5.25 Å². The van der Waals surface area contributed by atoms with Crippen LogP contribution in [0.3, 0.4) is 0 Å². The van der Waals surface area contributed by atoms with E-state index in [9.17, 15) is 23.5 Å². The SMILES string of the molecule is CC(C)(O)Cn1ccc(NC=O)n1.CC(F)(F)S.Cc1ccc2c(c1)NC(=O)[C@@]21C(CC(C)(C)C)NCC1c1cccc(C)c1F. The predicted molar refractivity (Wildman–Crippen MR) is 179 cm³/mol. The number of aryl methyl sites for hydroxylation is 2. The second-order valence-corrected chi connectivity index (χ2v) is 14.7. The molecule has 1 spiro atoms. The summed E-state index contributed by atoms with van der Waals surface area (Å²) in [5.74, 6) is 0.0275. The highest BCUT2D eigenvalue weighted by molar-refractivity contribution is 7.81. The lowest BCUT2D eigenvalue weighted by atomic mass is 9.63. The van der Waals surface area contributed by atoms with Crippen LogP contribution in [0.15, 0.2) is 48.7 Å². The number of alkyl halides is 2. The molecule has 2 aliphatic rings. The number of thiol groups is 1. The Kier molecular flexibility index (Phi) is 11.4. The molecule has 0 saturated carbocycles. The maximum Gasteiger partial charge on any atom is 0.288 e. The van der Waals surface area contributed by atoms with Gasteiger partial charge in [-0.15, -0.1) is 12.6 Å². The maximum absolute atomic E-state index is 15.2. The molecule has 46 heavy (non-hydrogen) atoms. The summed E-state index contributed by atoms with van der Waals surface area (Å²) < 4.78 is 38.5. The first-order valence-corrected chi connectivity index (χ1v) is 15.6. The van der Waals surface area contributed by atoms with Crippen molar-refractivity contribution >= 4 is 36.5 Å². The molecule has 1 saturated heterocycles. The molecule has 3 atom stereocenters. The number of hydrogen-bond acceptors (Lipinski definition) is 6. The van der Waals surface area contributed by atoms with E-state index in [1.807, 2.05) is 25.1 Å². The number of hydrogen-bond donors (Lipinski definition) is 5. The first kappa shape index (κ1) is 37.1. The van der Waals surface area contributed by atoms with Gasteiger partial charge in [-0.3, -0.25) is 14.3 Å². The predicted octanol–water partition coefficient (Wildman–Crippen LogP) is 6.58. The van der Waals surface area contributed by atoms with Gasteiger partial charge in [-0.05, 0) is 67.9 Å². The lowest BCUT2D eigenvalue weighted by Gasteiger charge is -2.37. The second-order valence-electron chi connectivity index (χ2n) is 13.9. The number of anilines is 2. The molecule has 0 aliphatic carbocycles. The molecule has 2 unspecified atom stereocenters. The lowest BCUT2D eigenvalue weighted by Crippen LogP contribution is -2.49. The van der Waals surface area contributed by atoms with E-state index in [4.69, 9.17) is 0 Å². The average molecular weight is 662 g/mol. The first-order valence-electron chi connectivity index (χ1n) is 15.1. The summed E-state index contributed by atoms with van der Waals surface area (Å²) in [5.41, 5.74) is 2.65. The van der Waals surface area contributed by atoms with Crippen molar-refractivity contribution in [1.29, 1.82) is 0 Å². The van der Waals surface area contributed by atoms with E-state index in [0.29, 0.717) is 36.4 Å². The molecule has 0 bridgehead atoms. The Labute approximate surface area is 275 Å². The zero-order valence-corrected chi connectivity index (χ0v) is 28.6. The second kappa shape index (κ2) is 14.2. The number of rotatable bonds is 6. The molecule has 252 valence electrons. The molecule has 2 amide bonds. The van der Waals surface area contributed by atoms with Crippen LogP contribution >= 0.6 is 12.6 Å². The van der Waals surface area contributed by atoms with Crippen molar-refractivity contribution in [2.75, 3.05) is 17.2 Å². The van der Waals surface area contributed by atoms with Crippen LogP contribution in [0.5, 0.6) is 0 Å². The molecule has 3 heterocycles. The Morgan fingerprint density at radius 3 is 2.37 bits per heavy atom. The summed E-state index contributed by atoms with van der Waals surface area (Å²) in [4.78, 5) is 23.6. The zero-order chi connectivity index (χ0) is 34.7. The number of benzene rings is 2. The van der Waals surface area contributed by atoms with Gasteiger partial charge in [0.15, 0.2) is 5.82 Å². The van der Waals surface area contributed by atoms with Crippen molar-refractivity contribution in [3.63, 3.8) is 0 Å². The van der Waals surface area contributed by atoms with Gasteiger partial charge in [-0.2, -0.15) is 13.9 Å². The smallest absolute Gasteiger partial charge is 0.288 e. The lowest BCUT2D eigenvalue weighted by molar-refractivity contribution is -0.122. The summed E-state index contributed by atoms with van der Waals surface area (Å²) >= 11 is 2.79. The van der Waals surface area contributed by atoms with Crippen LogP contribution in [0.25, 0.3) is 0 Å². The Balaban J connectivity index is 0.000000266. The van der Waals surface area contributed by atoms with Gasteiger partial charge in [0.2, 0.25) is 12.3 Å². The molecule has 1 aromatic heterocycles. The van der Waals surface area contributed by atoms with E-state index < -0.39 is 16.3 Å². The summed E-state index contributed by atoms with van der Waals surface area (Å²) in [6, 6.07) is 13.3. The topological polar surface area (TPSA) is 108 Å². The minimum Gasteiger partial charge on any atom is -0.389 e. The molecule has 3 aromatic rings. The maximum atomic E-state index is 15.2. The number of carbonyl (C=O) groups excluding carboxylic acids is 2. The number of amides is 2. The largest absolute Gasteiger partial charge is 0.389 e. The highest BCUT2D eigenvalue weighted by atomic mass is 32.1. The van der Waals surface area contributed by atoms with E-state index in [2.05, 4.69) is 66.6 Å². The van der Waals surface area contributed by atoms with Crippen molar-refractivity contribution in [3.05, 3.63) is 76.7 Å². The molecule has 2 aliphatic heterocycles. The summed E-state index contributed by atoms with van der Waals surface area (Å²) in [7, 11) is 0. The highest BCUT2D eigenvalue weighted by Crippen LogP contribution is 2.54. The Morgan fingerprint density at radius 2 is 1.78 bits per heavy atom. The number of halogens is 3. The monoisotopic (exact) mass is 661 g/mol. The van der Waals surface area contributed by atoms with Crippen molar-refractivity contribution in [2.45, 2.75) is 96.6 Å². The third kappa shape index (κ3) is 9.36. The highest BCUT2D eigenvalue weighted by Gasteiger charge is 2.61. The van der Waals surface area contributed by atoms with Gasteiger partial charge in [-0.25, -0.2) is 4.39 Å². The van der Waals surface area contributed by atoms with Crippen LogP contribution in [-0.4, -0.2) is 50.6 Å². The van der Waals surface area contributed by atoms with Crippen molar-refractivity contribution in [3.8, 4) is 0 Å². The summed E-state index contributed by atoms with van der Waals surface area (Å²) in [6.07, 6.45) is 3.10. The Hall–Kier alpha value is -3.35. The minimum atomic E-state index is -2.81. The fourth-order valence-electron chi connectivity index (χ4n) is 6.11. The van der Waals surface area contributed by atoms with Crippen LogP contribution in [0.4, 0.5) is 24.7 Å². The minimum absolute atomic E-state index is 0.0155. The number of nitrogens with zero attached hydrogens (tertiary/aromatic N) is 2. The van der Waals surface area contributed by atoms with E-state index in [1.165, 1.54) is 0 Å². The van der Waals surface area contributed by atoms with E-state index in [-0.39, 0.29) is 29.1 Å². The molecule has 4 N–H and O–H groups in total. The summed E-state index contributed by atoms with van der Waals surface area (Å²) in [6.45, 7) is 15.5. The first-order chi connectivity index (χ1) is 21.2. The standard InChI is InChI=1S/C24H29FN2O.C8H13N3O2.C2H4F2S/c1-14-9-10-17-19(11-14)27-22(28)24(17)18(13-26-20(24)12-23(3,4)5)16-8-6-7-15(2)21(16)25;1-8(2,13)5-11-4-3-7(10-11)9-6-12;1-2(3,4)5/h6-11,18,20,26H,12-13H2,1-5H3,(H,27,28);3-4,6,13H,5H2,1-2H3,(H,9,10,12);5H,1H3/t18?,20?,24-;;/m0../s1. The molecule has 8 nitrogen and oxygen atoms in total. The van der Waals surface area contributed by atoms with Crippen molar-refractivity contribution in [1.82, 2.24) is 15.1 Å². The van der Waals surface area contributed by atoms with Crippen LogP contribution in [-0.2, 0) is 21.5 Å². The van der Waals surface area contributed by atoms with E-state index in [0.717, 1.165) is 30.2 Å². The van der Waals surface area contributed by atoms with Crippen LogP contribution in [0, 0.1) is 25.1 Å². The fourth-order valence-corrected chi connectivity index (χ4v) is 6.11. The van der Waals surface area contributed by atoms with Crippen LogP contribution < -0.4 is 16.0 Å². The molecule has 5 rings (SSSR count).